The van der Waals surface area contributed by atoms with Crippen molar-refractivity contribution in [1.82, 2.24) is 0 Å². The molecule has 4 nitrogen and oxygen atoms in total. The van der Waals surface area contributed by atoms with Gasteiger partial charge in [-0.1, -0.05) is 0 Å². The molecule has 0 spiro atoms. The van der Waals surface area contributed by atoms with Gasteiger partial charge in [-0.15, -0.1) is 0 Å². The van der Waals surface area contributed by atoms with Gasteiger partial charge in [0.2, 0.25) is 0 Å². The van der Waals surface area contributed by atoms with Crippen molar-refractivity contribution in [3.8, 4) is 0 Å². The fourth-order valence-electron chi connectivity index (χ4n) is 0.755. The molecule has 0 saturated carbocycles. The van der Waals surface area contributed by atoms with Crippen LogP contribution in [0.5, 0.6) is 0 Å². The number of hydrogen-bond acceptors (Lipinski definition) is 2. The molecule has 14 heavy (non-hydrogen) atoms. The standard InChI is InChI=1S/C8H6O4.Ag.H3P/c9-7(10)5-1-2-6(4-3-5)8(11)12;;/h1-4H,(H,9,10)(H,11,12);;1H3. The van der Waals surface area contributed by atoms with Crippen LogP contribution in [-0.2, 0) is 22.4 Å². The number of rotatable bonds is 2. The first kappa shape index (κ1) is 15.8. The van der Waals surface area contributed by atoms with Gasteiger partial charge in [0.05, 0.1) is 11.1 Å². The third kappa shape index (κ3) is 4.03. The van der Waals surface area contributed by atoms with E-state index in [0.717, 1.165) is 0 Å². The minimum Gasteiger partial charge on any atom is -0.478 e. The van der Waals surface area contributed by atoms with Gasteiger partial charge >= 0.3 is 11.9 Å². The molecule has 0 saturated heterocycles. The molecule has 0 heterocycles. The van der Waals surface area contributed by atoms with E-state index in [1.165, 1.54) is 24.3 Å². The zero-order valence-corrected chi connectivity index (χ0v) is 9.93. The van der Waals surface area contributed by atoms with Crippen molar-refractivity contribution in [2.24, 2.45) is 0 Å². The maximum Gasteiger partial charge on any atom is 0.335 e. The number of carbonyl (C=O) groups is 2. The predicted molar refractivity (Wildman–Crippen MR) is 51.5 cm³/mol. The van der Waals surface area contributed by atoms with E-state index in [1.807, 2.05) is 0 Å². The molecule has 0 aliphatic heterocycles. The molecule has 1 rings (SSSR count). The first-order valence-electron chi connectivity index (χ1n) is 3.18. The van der Waals surface area contributed by atoms with Gasteiger partial charge in [0, 0.05) is 22.4 Å². The molecule has 0 aliphatic rings. The summed E-state index contributed by atoms with van der Waals surface area (Å²) in [6.07, 6.45) is 0. The molecule has 0 bridgehead atoms. The molecule has 1 atom stereocenters. The summed E-state index contributed by atoms with van der Waals surface area (Å²) in [7, 11) is 0. The summed E-state index contributed by atoms with van der Waals surface area (Å²) in [5.74, 6) is -2.13. The van der Waals surface area contributed by atoms with Crippen LogP contribution in [0, 0.1) is 0 Å². The fourth-order valence-corrected chi connectivity index (χ4v) is 0.755. The second-order valence-corrected chi connectivity index (χ2v) is 2.19. The molecule has 6 heteroatoms. The fraction of sp³-hybridized carbons (Fsp3) is 0. The van der Waals surface area contributed by atoms with Crippen molar-refractivity contribution in [3.63, 3.8) is 0 Å². The predicted octanol–water partition coefficient (Wildman–Crippen LogP) is 1.14. The molecule has 1 aromatic rings. The molecule has 1 aromatic carbocycles. The van der Waals surface area contributed by atoms with Crippen molar-refractivity contribution in [3.05, 3.63) is 35.4 Å². The topological polar surface area (TPSA) is 74.6 Å². The molecule has 1 radical (unpaired) electrons. The molecule has 0 aromatic heterocycles. The Morgan fingerprint density at radius 2 is 1.07 bits per heavy atom. The van der Waals surface area contributed by atoms with E-state index in [0.29, 0.717) is 0 Å². The zero-order valence-electron chi connectivity index (χ0n) is 7.03. The van der Waals surface area contributed by atoms with Gasteiger partial charge < -0.3 is 10.2 Å². The van der Waals surface area contributed by atoms with Crippen molar-refractivity contribution < 1.29 is 42.2 Å². The second kappa shape index (κ2) is 6.74. The maximum atomic E-state index is 10.3. The third-order valence-corrected chi connectivity index (χ3v) is 1.38. The summed E-state index contributed by atoms with van der Waals surface area (Å²) in [6, 6.07) is 5.02. The molecule has 2 N–H and O–H groups in total. The second-order valence-electron chi connectivity index (χ2n) is 2.19. The summed E-state index contributed by atoms with van der Waals surface area (Å²) >= 11 is 0. The van der Waals surface area contributed by atoms with E-state index in [-0.39, 0.29) is 43.4 Å². The SMILES string of the molecule is O=C(O)c1ccc(C(=O)O)cc1.P.[Ag]. The van der Waals surface area contributed by atoms with Crippen LogP contribution in [-0.4, -0.2) is 22.2 Å². The number of carboxylic acids is 2. The summed E-state index contributed by atoms with van der Waals surface area (Å²) in [6.45, 7) is 0. The van der Waals surface area contributed by atoms with Crippen LogP contribution in [0.25, 0.3) is 0 Å². The summed E-state index contributed by atoms with van der Waals surface area (Å²) < 4.78 is 0. The first-order valence-corrected chi connectivity index (χ1v) is 3.18. The summed E-state index contributed by atoms with van der Waals surface area (Å²) in [5, 5.41) is 16.9. The van der Waals surface area contributed by atoms with Crippen LogP contribution in [0.1, 0.15) is 20.7 Å². The smallest absolute Gasteiger partial charge is 0.335 e. The third-order valence-electron chi connectivity index (χ3n) is 1.38. The molecule has 0 aliphatic carbocycles. The van der Waals surface area contributed by atoms with Gasteiger partial charge in [-0.3, -0.25) is 0 Å². The van der Waals surface area contributed by atoms with E-state index in [9.17, 15) is 9.59 Å². The van der Waals surface area contributed by atoms with E-state index in [4.69, 9.17) is 10.2 Å². The number of hydrogen-bond donors (Lipinski definition) is 2. The van der Waals surface area contributed by atoms with E-state index in [2.05, 4.69) is 0 Å². The Hall–Kier alpha value is -0.670. The van der Waals surface area contributed by atoms with Crippen LogP contribution in [0.15, 0.2) is 24.3 Å². The number of carboxylic acid groups (broad SMARTS) is 2. The van der Waals surface area contributed by atoms with Crippen LogP contribution in [0.3, 0.4) is 0 Å². The van der Waals surface area contributed by atoms with Gasteiger partial charge in [0.15, 0.2) is 0 Å². The Balaban J connectivity index is 0. The molecule has 0 fully saturated rings. The van der Waals surface area contributed by atoms with Crippen molar-refractivity contribution in [2.75, 3.05) is 0 Å². The summed E-state index contributed by atoms with van der Waals surface area (Å²) in [5.41, 5.74) is 0.167. The van der Waals surface area contributed by atoms with Gasteiger partial charge in [0.1, 0.15) is 0 Å². The Kier molecular flexibility index (Phi) is 7.60. The molecule has 81 valence electrons. The van der Waals surface area contributed by atoms with Gasteiger partial charge in [-0.2, -0.15) is 9.90 Å². The van der Waals surface area contributed by atoms with Crippen molar-refractivity contribution in [1.29, 1.82) is 0 Å². The normalized spacial score (nSPS) is 8.00. The molecule has 0 amide bonds. The number of aromatic carboxylic acids is 2. The minimum atomic E-state index is -1.06. The largest absolute Gasteiger partial charge is 0.478 e. The van der Waals surface area contributed by atoms with Crippen LogP contribution in [0.2, 0.25) is 0 Å². The first-order chi connectivity index (χ1) is 5.61. The van der Waals surface area contributed by atoms with Gasteiger partial charge in [-0.25, -0.2) is 9.59 Å². The zero-order chi connectivity index (χ0) is 9.14. The van der Waals surface area contributed by atoms with Gasteiger partial charge in [0.25, 0.3) is 0 Å². The van der Waals surface area contributed by atoms with Crippen molar-refractivity contribution >= 4 is 21.8 Å². The number of benzene rings is 1. The van der Waals surface area contributed by atoms with Crippen LogP contribution in [0.4, 0.5) is 0 Å². The Morgan fingerprint density at radius 1 is 0.857 bits per heavy atom. The quantitative estimate of drug-likeness (QED) is 0.635. The van der Waals surface area contributed by atoms with Crippen LogP contribution < -0.4 is 0 Å². The summed E-state index contributed by atoms with van der Waals surface area (Å²) in [4.78, 5) is 20.7. The average molecular weight is 308 g/mol. The molecule has 1 unspecified atom stereocenters. The minimum absolute atomic E-state index is 0. The van der Waals surface area contributed by atoms with E-state index >= 15 is 0 Å². The molecular formula is C8H9AgO4P. The maximum absolute atomic E-state index is 10.3. The van der Waals surface area contributed by atoms with Gasteiger partial charge in [-0.05, 0) is 24.3 Å². The average Bonchev–Trinajstić information content (AvgIpc) is 2.04. The van der Waals surface area contributed by atoms with Crippen molar-refractivity contribution in [2.45, 2.75) is 0 Å². The Morgan fingerprint density at radius 3 is 1.21 bits per heavy atom. The van der Waals surface area contributed by atoms with E-state index in [1.54, 1.807) is 0 Å². The van der Waals surface area contributed by atoms with E-state index < -0.39 is 11.9 Å². The Labute approximate surface area is 99.5 Å². The van der Waals surface area contributed by atoms with Crippen LogP contribution >= 0.6 is 9.90 Å². The Bertz CT molecular complexity index is 290. The monoisotopic (exact) mass is 307 g/mol. The molecular weight excluding hydrogens is 299 g/mol.